The molecule has 0 aliphatic carbocycles. The number of carbonyl (C=O) groups excluding carboxylic acids is 1. The molecule has 31 heavy (non-hydrogen) atoms. The topological polar surface area (TPSA) is 84.3 Å². The second kappa shape index (κ2) is 8.26. The summed E-state index contributed by atoms with van der Waals surface area (Å²) < 4.78 is 24.3. The van der Waals surface area contributed by atoms with E-state index < -0.39 is 5.63 Å². The van der Waals surface area contributed by atoms with E-state index in [0.29, 0.717) is 29.9 Å². The Morgan fingerprint density at radius 3 is 2.74 bits per heavy atom. The zero-order chi connectivity index (χ0) is 22.1. The standard InChI is InChI=1S/C24H23FN2O4/c1-13-17-5-7-21(30-3)14(2)23(17)31-24(29)18(13)11-22(28)26-9-8-15-12-27-20-6-4-16(25)10-19(15)20/h4-7,10,12,27H,8-9,11H2,1-3H3,(H,26,28). The summed E-state index contributed by atoms with van der Waals surface area (Å²) in [5.74, 6) is 0.0625. The lowest BCUT2D eigenvalue weighted by Gasteiger charge is -2.11. The molecule has 4 aromatic rings. The van der Waals surface area contributed by atoms with Crippen LogP contribution in [-0.4, -0.2) is 24.5 Å². The molecule has 2 N–H and O–H groups in total. The van der Waals surface area contributed by atoms with Gasteiger partial charge in [0, 0.05) is 34.6 Å². The molecule has 0 aliphatic heterocycles. The highest BCUT2D eigenvalue weighted by molar-refractivity contribution is 5.87. The van der Waals surface area contributed by atoms with Crippen LogP contribution in [0.15, 0.2) is 45.7 Å². The minimum Gasteiger partial charge on any atom is -0.496 e. The fraction of sp³-hybridized carbons (Fsp3) is 0.250. The van der Waals surface area contributed by atoms with Crippen molar-refractivity contribution in [2.24, 2.45) is 0 Å². The largest absolute Gasteiger partial charge is 0.496 e. The number of nitrogens with one attached hydrogen (secondary N) is 2. The van der Waals surface area contributed by atoms with E-state index >= 15 is 0 Å². The summed E-state index contributed by atoms with van der Waals surface area (Å²) in [6.07, 6.45) is 2.28. The predicted octanol–water partition coefficient (Wildman–Crippen LogP) is 3.94. The van der Waals surface area contributed by atoms with Gasteiger partial charge in [-0.25, -0.2) is 9.18 Å². The van der Waals surface area contributed by atoms with Gasteiger partial charge >= 0.3 is 5.63 Å². The Hall–Kier alpha value is -3.61. The highest BCUT2D eigenvalue weighted by Gasteiger charge is 2.17. The second-order valence-electron chi connectivity index (χ2n) is 7.54. The number of methoxy groups -OCH3 is 1. The number of aromatic amines is 1. The van der Waals surface area contributed by atoms with Crippen LogP contribution in [0.25, 0.3) is 21.9 Å². The molecule has 0 atom stereocenters. The van der Waals surface area contributed by atoms with E-state index in [0.717, 1.165) is 33.0 Å². The van der Waals surface area contributed by atoms with Crippen LogP contribution < -0.4 is 15.7 Å². The zero-order valence-corrected chi connectivity index (χ0v) is 17.6. The van der Waals surface area contributed by atoms with Crippen LogP contribution >= 0.6 is 0 Å². The van der Waals surface area contributed by atoms with Gasteiger partial charge in [0.1, 0.15) is 17.1 Å². The van der Waals surface area contributed by atoms with E-state index in [1.807, 2.05) is 32.2 Å². The molecule has 0 bridgehead atoms. The van der Waals surface area contributed by atoms with Crippen molar-refractivity contribution in [1.82, 2.24) is 10.3 Å². The molecule has 0 aliphatic rings. The minimum absolute atomic E-state index is 0.0717. The van der Waals surface area contributed by atoms with Gasteiger partial charge in [0.2, 0.25) is 5.91 Å². The monoisotopic (exact) mass is 422 g/mol. The number of hydrogen-bond acceptors (Lipinski definition) is 4. The van der Waals surface area contributed by atoms with Gasteiger partial charge < -0.3 is 19.5 Å². The van der Waals surface area contributed by atoms with E-state index in [9.17, 15) is 14.0 Å². The third-order valence-electron chi connectivity index (χ3n) is 5.66. The summed E-state index contributed by atoms with van der Waals surface area (Å²) in [5, 5.41) is 4.41. The zero-order valence-electron chi connectivity index (χ0n) is 17.6. The molecule has 2 heterocycles. The molecule has 160 valence electrons. The lowest BCUT2D eigenvalue weighted by molar-refractivity contribution is -0.120. The van der Waals surface area contributed by atoms with Gasteiger partial charge in [-0.3, -0.25) is 4.79 Å². The van der Waals surface area contributed by atoms with Crippen molar-refractivity contribution in [3.63, 3.8) is 0 Å². The highest BCUT2D eigenvalue weighted by atomic mass is 19.1. The van der Waals surface area contributed by atoms with E-state index in [1.165, 1.54) is 12.1 Å². The molecule has 0 saturated carbocycles. The Bertz CT molecular complexity index is 1350. The Kier molecular flexibility index (Phi) is 5.50. The Labute approximate surface area is 178 Å². The molecule has 7 heteroatoms. The molecule has 0 fully saturated rings. The number of carbonyl (C=O) groups is 1. The summed E-state index contributed by atoms with van der Waals surface area (Å²) in [7, 11) is 1.56. The van der Waals surface area contributed by atoms with Crippen molar-refractivity contribution < 1.29 is 18.3 Å². The first-order valence-electron chi connectivity index (χ1n) is 10.0. The first kappa shape index (κ1) is 20.7. The molecule has 1 amide bonds. The molecule has 0 saturated heterocycles. The van der Waals surface area contributed by atoms with E-state index in [2.05, 4.69) is 10.3 Å². The minimum atomic E-state index is -0.524. The van der Waals surface area contributed by atoms with Gasteiger partial charge in [0.15, 0.2) is 0 Å². The molecule has 0 unspecified atom stereocenters. The SMILES string of the molecule is COc1ccc2c(C)c(CC(=O)NCCc3c[nH]c4ccc(F)cc34)c(=O)oc2c1C. The Morgan fingerprint density at radius 2 is 1.97 bits per heavy atom. The molecular formula is C24H23FN2O4. The normalized spacial score (nSPS) is 11.2. The quantitative estimate of drug-likeness (QED) is 0.461. The number of hydrogen-bond donors (Lipinski definition) is 2. The lowest BCUT2D eigenvalue weighted by atomic mass is 10.0. The van der Waals surface area contributed by atoms with Crippen molar-refractivity contribution >= 4 is 27.8 Å². The van der Waals surface area contributed by atoms with Gasteiger partial charge in [-0.2, -0.15) is 0 Å². The molecule has 0 radical (unpaired) electrons. The number of H-pyrrole nitrogens is 1. The summed E-state index contributed by atoms with van der Waals surface area (Å²) in [4.78, 5) is 28.1. The van der Waals surface area contributed by atoms with Crippen molar-refractivity contribution in [2.45, 2.75) is 26.7 Å². The number of rotatable bonds is 6. The number of ether oxygens (including phenoxy) is 1. The van der Waals surface area contributed by atoms with Crippen LogP contribution in [0.5, 0.6) is 5.75 Å². The summed E-state index contributed by atoms with van der Waals surface area (Å²) in [6.45, 7) is 4.01. The Morgan fingerprint density at radius 1 is 1.16 bits per heavy atom. The van der Waals surface area contributed by atoms with Gasteiger partial charge in [-0.05, 0) is 61.7 Å². The number of benzene rings is 2. The average Bonchev–Trinajstić information content (AvgIpc) is 3.14. The maximum absolute atomic E-state index is 13.5. The van der Waals surface area contributed by atoms with Gasteiger partial charge in [-0.1, -0.05) is 0 Å². The molecule has 0 spiro atoms. The first-order chi connectivity index (χ1) is 14.9. The number of halogens is 1. The third-order valence-corrected chi connectivity index (χ3v) is 5.66. The molecule has 2 aromatic carbocycles. The first-order valence-corrected chi connectivity index (χ1v) is 10.0. The van der Waals surface area contributed by atoms with Gasteiger partial charge in [-0.15, -0.1) is 0 Å². The van der Waals surface area contributed by atoms with Crippen molar-refractivity contribution in [3.8, 4) is 5.75 Å². The maximum atomic E-state index is 13.5. The van der Waals surface area contributed by atoms with Crippen molar-refractivity contribution in [1.29, 1.82) is 0 Å². The second-order valence-corrected chi connectivity index (χ2v) is 7.54. The lowest BCUT2D eigenvalue weighted by Crippen LogP contribution is -2.29. The van der Waals surface area contributed by atoms with Gasteiger partial charge in [0.25, 0.3) is 0 Å². The molecular weight excluding hydrogens is 399 g/mol. The third kappa shape index (κ3) is 3.91. The van der Waals surface area contributed by atoms with Crippen LogP contribution in [0.2, 0.25) is 0 Å². The van der Waals surface area contributed by atoms with E-state index in [1.54, 1.807) is 13.2 Å². The number of fused-ring (bicyclic) bond motifs is 2. The molecule has 6 nitrogen and oxygen atoms in total. The van der Waals surface area contributed by atoms with Crippen LogP contribution in [0, 0.1) is 19.7 Å². The van der Waals surface area contributed by atoms with Crippen LogP contribution in [-0.2, 0) is 17.6 Å². The highest BCUT2D eigenvalue weighted by Crippen LogP contribution is 2.29. The Balaban J connectivity index is 1.48. The van der Waals surface area contributed by atoms with E-state index in [-0.39, 0.29) is 18.1 Å². The molecule has 2 aromatic heterocycles. The molecule has 4 rings (SSSR count). The van der Waals surface area contributed by atoms with Gasteiger partial charge in [0.05, 0.1) is 19.1 Å². The summed E-state index contributed by atoms with van der Waals surface area (Å²) in [6, 6.07) is 8.21. The number of amides is 1. The summed E-state index contributed by atoms with van der Waals surface area (Å²) in [5.41, 5.74) is 3.51. The fourth-order valence-corrected chi connectivity index (χ4v) is 3.91. The van der Waals surface area contributed by atoms with Crippen LogP contribution in [0.3, 0.4) is 0 Å². The van der Waals surface area contributed by atoms with Crippen LogP contribution in [0.4, 0.5) is 4.39 Å². The number of aryl methyl sites for hydroxylation is 2. The fourth-order valence-electron chi connectivity index (χ4n) is 3.91. The number of aromatic nitrogens is 1. The summed E-state index contributed by atoms with van der Waals surface area (Å²) >= 11 is 0. The van der Waals surface area contributed by atoms with E-state index in [4.69, 9.17) is 9.15 Å². The predicted molar refractivity (Wildman–Crippen MR) is 117 cm³/mol. The maximum Gasteiger partial charge on any atom is 0.340 e. The average molecular weight is 422 g/mol. The van der Waals surface area contributed by atoms with Crippen molar-refractivity contribution in [2.75, 3.05) is 13.7 Å². The van der Waals surface area contributed by atoms with Crippen molar-refractivity contribution in [3.05, 3.63) is 75.0 Å². The van der Waals surface area contributed by atoms with Crippen LogP contribution in [0.1, 0.15) is 22.3 Å². The smallest absolute Gasteiger partial charge is 0.340 e.